The van der Waals surface area contributed by atoms with Crippen molar-refractivity contribution in [1.29, 1.82) is 0 Å². The second-order valence-corrected chi connectivity index (χ2v) is 5.69. The SMILES string of the molecule is CCn1cc([N+](=O)[O-])c(C(=O)Nc2cc(Oc3cccnc3)cc([N+](=O)[O-])c2)n1. The first-order valence-corrected chi connectivity index (χ1v) is 8.28. The van der Waals surface area contributed by atoms with Crippen molar-refractivity contribution in [1.82, 2.24) is 14.8 Å². The molecule has 0 saturated carbocycles. The van der Waals surface area contributed by atoms with Gasteiger partial charge in [0.1, 0.15) is 17.7 Å². The molecule has 1 aromatic carbocycles. The maximum absolute atomic E-state index is 12.5. The number of aryl methyl sites for hydroxylation is 1. The van der Waals surface area contributed by atoms with Crippen molar-refractivity contribution in [2.45, 2.75) is 13.5 Å². The highest BCUT2D eigenvalue weighted by Crippen LogP contribution is 2.30. The Hall–Kier alpha value is -4.35. The minimum absolute atomic E-state index is 0.0171. The van der Waals surface area contributed by atoms with Crippen LogP contribution in [0.3, 0.4) is 0 Å². The zero-order valence-electron chi connectivity index (χ0n) is 15.0. The van der Waals surface area contributed by atoms with Crippen LogP contribution >= 0.6 is 0 Å². The summed E-state index contributed by atoms with van der Waals surface area (Å²) in [4.78, 5) is 37.4. The van der Waals surface area contributed by atoms with Crippen molar-refractivity contribution in [2.24, 2.45) is 0 Å². The Morgan fingerprint density at radius 1 is 1.21 bits per heavy atom. The number of nitro benzene ring substituents is 1. The zero-order valence-corrected chi connectivity index (χ0v) is 15.0. The van der Waals surface area contributed by atoms with Crippen molar-refractivity contribution < 1.29 is 19.4 Å². The molecule has 0 fully saturated rings. The smallest absolute Gasteiger partial charge is 0.320 e. The van der Waals surface area contributed by atoms with Crippen LogP contribution in [-0.2, 0) is 6.54 Å². The maximum atomic E-state index is 12.5. The van der Waals surface area contributed by atoms with Gasteiger partial charge in [0.2, 0.25) is 5.69 Å². The summed E-state index contributed by atoms with van der Waals surface area (Å²) in [6.07, 6.45) is 4.09. The summed E-state index contributed by atoms with van der Waals surface area (Å²) in [5.41, 5.74) is -1.20. The highest BCUT2D eigenvalue weighted by atomic mass is 16.6. The van der Waals surface area contributed by atoms with Crippen LogP contribution in [0.25, 0.3) is 0 Å². The Labute approximate surface area is 163 Å². The number of pyridine rings is 1. The molecule has 0 aliphatic heterocycles. The molecule has 2 aromatic heterocycles. The van der Waals surface area contributed by atoms with Crippen LogP contribution in [0.15, 0.2) is 48.9 Å². The van der Waals surface area contributed by atoms with Gasteiger partial charge < -0.3 is 10.1 Å². The number of carbonyl (C=O) groups excluding carboxylic acids is 1. The van der Waals surface area contributed by atoms with Crippen LogP contribution < -0.4 is 10.1 Å². The number of nitro groups is 2. The van der Waals surface area contributed by atoms with Gasteiger partial charge >= 0.3 is 5.69 Å². The van der Waals surface area contributed by atoms with Gasteiger partial charge in [-0.1, -0.05) is 0 Å². The van der Waals surface area contributed by atoms with Crippen molar-refractivity contribution in [3.8, 4) is 11.5 Å². The average Bonchev–Trinajstić information content (AvgIpc) is 3.13. The molecule has 0 radical (unpaired) electrons. The van der Waals surface area contributed by atoms with Gasteiger partial charge in [0.25, 0.3) is 11.6 Å². The molecule has 29 heavy (non-hydrogen) atoms. The molecule has 0 aliphatic carbocycles. The molecule has 12 heteroatoms. The lowest BCUT2D eigenvalue weighted by molar-refractivity contribution is -0.385. The fourth-order valence-corrected chi connectivity index (χ4v) is 2.42. The van der Waals surface area contributed by atoms with Crippen LogP contribution in [0.5, 0.6) is 11.5 Å². The summed E-state index contributed by atoms with van der Waals surface area (Å²) >= 11 is 0. The highest BCUT2D eigenvalue weighted by molar-refractivity contribution is 6.05. The first-order chi connectivity index (χ1) is 13.9. The largest absolute Gasteiger partial charge is 0.455 e. The van der Waals surface area contributed by atoms with Gasteiger partial charge in [-0.2, -0.15) is 5.10 Å². The van der Waals surface area contributed by atoms with E-state index in [9.17, 15) is 25.0 Å². The molecule has 1 N–H and O–H groups in total. The predicted octanol–water partition coefficient (Wildman–Crippen LogP) is 3.16. The van der Waals surface area contributed by atoms with Gasteiger partial charge in [-0.25, -0.2) is 0 Å². The van der Waals surface area contributed by atoms with E-state index in [2.05, 4.69) is 15.4 Å². The Kier molecular flexibility index (Phi) is 5.44. The molecular weight excluding hydrogens is 384 g/mol. The number of hydrogen-bond donors (Lipinski definition) is 1. The number of aromatic nitrogens is 3. The molecule has 0 spiro atoms. The zero-order chi connectivity index (χ0) is 21.0. The normalized spacial score (nSPS) is 10.4. The van der Waals surface area contributed by atoms with Gasteiger partial charge in [-0.3, -0.25) is 34.7 Å². The van der Waals surface area contributed by atoms with Gasteiger partial charge in [0, 0.05) is 24.9 Å². The average molecular weight is 398 g/mol. The molecule has 2 heterocycles. The highest BCUT2D eigenvalue weighted by Gasteiger charge is 2.26. The number of nitrogens with one attached hydrogen (secondary N) is 1. The van der Waals surface area contributed by atoms with E-state index in [1.807, 2.05) is 0 Å². The number of benzene rings is 1. The standard InChI is InChI=1S/C17H14N6O6/c1-2-21-10-15(23(27)28)16(20-21)17(24)19-11-6-12(22(25)26)8-14(7-11)29-13-4-3-5-18-9-13/h3-10H,2H2,1H3,(H,19,24). The summed E-state index contributed by atoms with van der Waals surface area (Å²) in [7, 11) is 0. The van der Waals surface area contributed by atoms with E-state index in [1.54, 1.807) is 19.1 Å². The third-order valence-electron chi connectivity index (χ3n) is 3.71. The number of carbonyl (C=O) groups is 1. The van der Waals surface area contributed by atoms with Crippen molar-refractivity contribution in [3.63, 3.8) is 0 Å². The monoisotopic (exact) mass is 398 g/mol. The fourth-order valence-electron chi connectivity index (χ4n) is 2.42. The van der Waals surface area contributed by atoms with E-state index >= 15 is 0 Å². The summed E-state index contributed by atoms with van der Waals surface area (Å²) in [5, 5.41) is 28.7. The minimum Gasteiger partial charge on any atom is -0.455 e. The van der Waals surface area contributed by atoms with Gasteiger partial charge in [-0.15, -0.1) is 0 Å². The lowest BCUT2D eigenvalue weighted by Crippen LogP contribution is -2.15. The van der Waals surface area contributed by atoms with Crippen LogP contribution in [0.4, 0.5) is 17.1 Å². The summed E-state index contributed by atoms with van der Waals surface area (Å²) < 4.78 is 6.78. The van der Waals surface area contributed by atoms with Gasteiger partial charge in [-0.05, 0) is 19.1 Å². The molecule has 3 aromatic rings. The number of nitrogens with zero attached hydrogens (tertiary/aromatic N) is 5. The number of rotatable bonds is 7. The molecular formula is C17H14N6O6. The number of anilines is 1. The Morgan fingerprint density at radius 2 is 2.00 bits per heavy atom. The summed E-state index contributed by atoms with van der Waals surface area (Å²) in [5.74, 6) is -0.463. The number of non-ortho nitro benzene ring substituents is 1. The fraction of sp³-hybridized carbons (Fsp3) is 0.118. The van der Waals surface area contributed by atoms with Gasteiger partial charge in [0.15, 0.2) is 0 Å². The van der Waals surface area contributed by atoms with Crippen LogP contribution in [0.1, 0.15) is 17.4 Å². The van der Waals surface area contributed by atoms with Crippen LogP contribution in [0.2, 0.25) is 0 Å². The second-order valence-electron chi connectivity index (χ2n) is 5.69. The first-order valence-electron chi connectivity index (χ1n) is 8.28. The van der Waals surface area contributed by atoms with E-state index in [0.29, 0.717) is 12.3 Å². The Morgan fingerprint density at radius 3 is 2.62 bits per heavy atom. The summed E-state index contributed by atoms with van der Waals surface area (Å²) in [6.45, 7) is 2.04. The molecule has 1 amide bonds. The van der Waals surface area contributed by atoms with Crippen molar-refractivity contribution >= 4 is 23.0 Å². The first kappa shape index (κ1) is 19.4. The van der Waals surface area contributed by atoms with E-state index in [4.69, 9.17) is 4.74 Å². The second kappa shape index (κ2) is 8.12. The number of amides is 1. The van der Waals surface area contributed by atoms with Gasteiger partial charge in [0.05, 0.1) is 27.8 Å². The molecule has 0 unspecified atom stereocenters. The molecule has 12 nitrogen and oxygen atoms in total. The quantitative estimate of drug-likeness (QED) is 0.470. The van der Waals surface area contributed by atoms with Crippen LogP contribution in [0, 0.1) is 20.2 Å². The predicted molar refractivity (Wildman–Crippen MR) is 99.9 cm³/mol. The summed E-state index contributed by atoms with van der Waals surface area (Å²) in [6, 6.07) is 6.86. The topological polar surface area (TPSA) is 155 Å². The molecule has 0 saturated heterocycles. The Bertz CT molecular complexity index is 1080. The van der Waals surface area contributed by atoms with Crippen molar-refractivity contribution in [3.05, 3.63) is 74.8 Å². The van der Waals surface area contributed by atoms with E-state index < -0.39 is 27.1 Å². The molecule has 3 rings (SSSR count). The van der Waals surface area contributed by atoms with E-state index in [1.165, 1.54) is 29.2 Å². The third kappa shape index (κ3) is 4.50. The van der Waals surface area contributed by atoms with Crippen LogP contribution in [-0.4, -0.2) is 30.5 Å². The molecule has 148 valence electrons. The number of hydrogen-bond acceptors (Lipinski definition) is 8. The minimum atomic E-state index is -0.878. The lowest BCUT2D eigenvalue weighted by atomic mass is 10.2. The third-order valence-corrected chi connectivity index (χ3v) is 3.71. The maximum Gasteiger partial charge on any atom is 0.320 e. The molecule has 0 aliphatic rings. The lowest BCUT2D eigenvalue weighted by Gasteiger charge is -2.08. The number of ether oxygens (including phenoxy) is 1. The van der Waals surface area contributed by atoms with E-state index in [0.717, 1.165) is 12.3 Å². The Balaban J connectivity index is 1.92. The molecule has 0 bridgehead atoms. The van der Waals surface area contributed by atoms with Crippen molar-refractivity contribution in [2.75, 3.05) is 5.32 Å². The van der Waals surface area contributed by atoms with E-state index in [-0.39, 0.29) is 17.1 Å². The molecule has 0 atom stereocenters.